The van der Waals surface area contributed by atoms with Gasteiger partial charge in [0.05, 0.1) is 12.2 Å². The molecule has 0 amide bonds. The largest absolute Gasteiger partial charge is 0.463 e. The van der Waals surface area contributed by atoms with Gasteiger partial charge in [-0.2, -0.15) is 0 Å². The summed E-state index contributed by atoms with van der Waals surface area (Å²) < 4.78 is 5.32. The van der Waals surface area contributed by atoms with Crippen LogP contribution < -0.4 is 0 Å². The number of ether oxygens (including phenoxy) is 1. The molecule has 2 aromatic carbocycles. The minimum absolute atomic E-state index is 0.0406. The fourth-order valence-corrected chi connectivity index (χ4v) is 3.43. The topological polar surface area (TPSA) is 46.6 Å². The molecule has 0 N–H and O–H groups in total. The highest BCUT2D eigenvalue weighted by Crippen LogP contribution is 2.29. The van der Waals surface area contributed by atoms with E-state index in [9.17, 15) is 9.59 Å². The van der Waals surface area contributed by atoms with E-state index in [-0.39, 0.29) is 11.8 Å². The van der Waals surface area contributed by atoms with Crippen molar-refractivity contribution in [3.63, 3.8) is 0 Å². The van der Waals surface area contributed by atoms with E-state index in [4.69, 9.17) is 4.74 Å². The minimum atomic E-state index is -0.249. The Balaban J connectivity index is 1.87. The summed E-state index contributed by atoms with van der Waals surface area (Å²) in [5.41, 5.74) is 4.64. The van der Waals surface area contributed by atoms with E-state index in [0.29, 0.717) is 18.7 Å². The molecule has 140 valence electrons. The van der Waals surface area contributed by atoms with Gasteiger partial charge in [-0.05, 0) is 37.0 Å². The lowest BCUT2D eigenvalue weighted by atomic mass is 9.92. The van der Waals surface area contributed by atoms with Crippen molar-refractivity contribution >= 4 is 17.3 Å². The summed E-state index contributed by atoms with van der Waals surface area (Å²) in [5.74, 6) is -0.209. The average molecular weight is 363 g/mol. The molecule has 1 heterocycles. The summed E-state index contributed by atoms with van der Waals surface area (Å²) in [4.78, 5) is 26.4. The first-order valence-corrected chi connectivity index (χ1v) is 9.35. The molecule has 4 nitrogen and oxygen atoms in total. The minimum Gasteiger partial charge on any atom is -0.463 e. The first-order chi connectivity index (χ1) is 13.1. The number of nitrogens with zero attached hydrogens (tertiary/aromatic N) is 1. The van der Waals surface area contributed by atoms with Gasteiger partial charge in [0.25, 0.3) is 0 Å². The van der Waals surface area contributed by atoms with Crippen LogP contribution in [0.5, 0.6) is 0 Å². The fourth-order valence-electron chi connectivity index (χ4n) is 3.43. The number of hydrogen-bond acceptors (Lipinski definition) is 4. The molecule has 0 saturated carbocycles. The SMILES string of the molecule is CCOC(=O)C1=C(c2ccc(C(C)=O)cc2)CCN(Cc2ccccc2)C1. The van der Waals surface area contributed by atoms with Crippen LogP contribution in [0.4, 0.5) is 0 Å². The van der Waals surface area contributed by atoms with E-state index < -0.39 is 0 Å². The number of carbonyl (C=O) groups excluding carboxylic acids is 2. The van der Waals surface area contributed by atoms with Crippen LogP contribution >= 0.6 is 0 Å². The Kier molecular flexibility index (Phi) is 6.20. The third kappa shape index (κ3) is 4.72. The summed E-state index contributed by atoms with van der Waals surface area (Å²) in [6.07, 6.45) is 0.778. The first-order valence-electron chi connectivity index (χ1n) is 9.35. The number of esters is 1. The molecule has 0 spiro atoms. The zero-order chi connectivity index (χ0) is 19.2. The third-order valence-corrected chi connectivity index (χ3v) is 4.83. The van der Waals surface area contributed by atoms with Gasteiger partial charge in [-0.25, -0.2) is 4.79 Å². The van der Waals surface area contributed by atoms with Crippen molar-refractivity contribution in [3.8, 4) is 0 Å². The highest BCUT2D eigenvalue weighted by atomic mass is 16.5. The molecule has 0 aromatic heterocycles. The number of hydrogen-bond donors (Lipinski definition) is 0. The molecule has 0 radical (unpaired) electrons. The highest BCUT2D eigenvalue weighted by molar-refractivity contribution is 5.99. The lowest BCUT2D eigenvalue weighted by Gasteiger charge is -2.30. The second-order valence-electron chi connectivity index (χ2n) is 6.76. The van der Waals surface area contributed by atoms with E-state index in [1.165, 1.54) is 5.56 Å². The van der Waals surface area contributed by atoms with Crippen LogP contribution in [-0.2, 0) is 16.1 Å². The van der Waals surface area contributed by atoms with Gasteiger partial charge in [0.2, 0.25) is 0 Å². The molecule has 3 rings (SSSR count). The maximum absolute atomic E-state index is 12.6. The van der Waals surface area contributed by atoms with E-state index in [2.05, 4.69) is 17.0 Å². The summed E-state index contributed by atoms with van der Waals surface area (Å²) in [6.45, 7) is 5.99. The number of ketones is 1. The summed E-state index contributed by atoms with van der Waals surface area (Å²) >= 11 is 0. The highest BCUT2D eigenvalue weighted by Gasteiger charge is 2.25. The van der Waals surface area contributed by atoms with Crippen LogP contribution in [0.3, 0.4) is 0 Å². The molecular weight excluding hydrogens is 338 g/mol. The summed E-state index contributed by atoms with van der Waals surface area (Å²) in [7, 11) is 0. The van der Waals surface area contributed by atoms with Crippen LogP contribution in [0, 0.1) is 0 Å². The molecule has 2 aromatic rings. The van der Waals surface area contributed by atoms with E-state index in [0.717, 1.165) is 36.2 Å². The van der Waals surface area contributed by atoms with Crippen LogP contribution in [0.25, 0.3) is 5.57 Å². The Hall–Kier alpha value is -2.72. The van der Waals surface area contributed by atoms with Crippen LogP contribution in [-0.4, -0.2) is 36.3 Å². The quantitative estimate of drug-likeness (QED) is 0.572. The van der Waals surface area contributed by atoms with Crippen LogP contribution in [0.1, 0.15) is 41.8 Å². The Morgan fingerprint density at radius 1 is 1.04 bits per heavy atom. The molecule has 1 aliphatic rings. The molecule has 0 atom stereocenters. The number of rotatable bonds is 6. The Morgan fingerprint density at radius 2 is 1.74 bits per heavy atom. The maximum Gasteiger partial charge on any atom is 0.335 e. The lowest BCUT2D eigenvalue weighted by molar-refractivity contribution is -0.138. The molecule has 1 aliphatic heterocycles. The molecule has 27 heavy (non-hydrogen) atoms. The molecule has 0 bridgehead atoms. The average Bonchev–Trinajstić information content (AvgIpc) is 2.69. The molecule has 0 saturated heterocycles. The first kappa shape index (κ1) is 19.1. The second kappa shape index (κ2) is 8.78. The predicted molar refractivity (Wildman–Crippen MR) is 106 cm³/mol. The van der Waals surface area contributed by atoms with Crippen molar-refractivity contribution in [2.75, 3.05) is 19.7 Å². The lowest BCUT2D eigenvalue weighted by Crippen LogP contribution is -2.34. The van der Waals surface area contributed by atoms with Gasteiger partial charge in [0, 0.05) is 25.2 Å². The molecule has 4 heteroatoms. The maximum atomic E-state index is 12.6. The van der Waals surface area contributed by atoms with Crippen molar-refractivity contribution < 1.29 is 14.3 Å². The van der Waals surface area contributed by atoms with Crippen LogP contribution in [0.2, 0.25) is 0 Å². The molecular formula is C23H25NO3. The Morgan fingerprint density at radius 3 is 2.37 bits per heavy atom. The van der Waals surface area contributed by atoms with Gasteiger partial charge in [0.1, 0.15) is 0 Å². The summed E-state index contributed by atoms with van der Waals surface area (Å²) in [5, 5.41) is 0. The molecule has 0 aliphatic carbocycles. The monoisotopic (exact) mass is 363 g/mol. The predicted octanol–water partition coefficient (Wildman–Crippen LogP) is 4.11. The van der Waals surface area contributed by atoms with Gasteiger partial charge < -0.3 is 4.74 Å². The zero-order valence-corrected chi connectivity index (χ0v) is 15.9. The third-order valence-electron chi connectivity index (χ3n) is 4.83. The van der Waals surface area contributed by atoms with E-state index in [1.54, 1.807) is 6.92 Å². The van der Waals surface area contributed by atoms with Gasteiger partial charge in [0.15, 0.2) is 5.78 Å². The van der Waals surface area contributed by atoms with Crippen molar-refractivity contribution in [2.24, 2.45) is 0 Å². The van der Waals surface area contributed by atoms with Crippen molar-refractivity contribution in [1.82, 2.24) is 4.90 Å². The van der Waals surface area contributed by atoms with Crippen molar-refractivity contribution in [3.05, 3.63) is 76.9 Å². The molecule has 0 fully saturated rings. The van der Waals surface area contributed by atoms with E-state index >= 15 is 0 Å². The van der Waals surface area contributed by atoms with Crippen molar-refractivity contribution in [1.29, 1.82) is 0 Å². The van der Waals surface area contributed by atoms with Gasteiger partial charge in [-0.15, -0.1) is 0 Å². The van der Waals surface area contributed by atoms with Gasteiger partial charge >= 0.3 is 5.97 Å². The number of carbonyl (C=O) groups is 2. The standard InChI is InChI=1S/C23H25NO3/c1-3-27-23(26)22-16-24(15-18-7-5-4-6-8-18)14-13-21(22)20-11-9-19(10-12-20)17(2)25/h4-12H,3,13-16H2,1-2H3. The normalized spacial score (nSPS) is 14.9. The molecule has 0 unspecified atom stereocenters. The second-order valence-corrected chi connectivity index (χ2v) is 6.76. The zero-order valence-electron chi connectivity index (χ0n) is 15.9. The van der Waals surface area contributed by atoms with E-state index in [1.807, 2.05) is 49.4 Å². The summed E-state index contributed by atoms with van der Waals surface area (Å²) in [6, 6.07) is 17.8. The number of Topliss-reactive ketones (excluding diaryl/α,β-unsaturated/α-hetero) is 1. The Bertz CT molecular complexity index is 838. The van der Waals surface area contributed by atoms with Crippen LogP contribution in [0.15, 0.2) is 60.2 Å². The Labute approximate surface area is 160 Å². The van der Waals surface area contributed by atoms with Gasteiger partial charge in [-0.1, -0.05) is 54.6 Å². The fraction of sp³-hybridized carbons (Fsp3) is 0.304. The number of benzene rings is 2. The smallest absolute Gasteiger partial charge is 0.335 e. The van der Waals surface area contributed by atoms with Gasteiger partial charge in [-0.3, -0.25) is 9.69 Å². The van der Waals surface area contributed by atoms with Crippen molar-refractivity contribution in [2.45, 2.75) is 26.8 Å².